The number of benzene rings is 2. The van der Waals surface area contributed by atoms with Crippen LogP contribution in [0.1, 0.15) is 5.56 Å². The molecule has 25 heavy (non-hydrogen) atoms. The van der Waals surface area contributed by atoms with Gasteiger partial charge >= 0.3 is 0 Å². The van der Waals surface area contributed by atoms with Gasteiger partial charge in [-0.2, -0.15) is 0 Å². The smallest absolute Gasteiger partial charge is 0.276 e. The number of carbonyl (C=O) groups excluding carboxylic acids is 1. The van der Waals surface area contributed by atoms with Gasteiger partial charge in [0.25, 0.3) is 5.91 Å². The maximum atomic E-state index is 13.0. The van der Waals surface area contributed by atoms with Crippen LogP contribution in [0, 0.1) is 5.82 Å². The number of carbonyl (C=O) groups is 1. The molecule has 0 heterocycles. The van der Waals surface area contributed by atoms with Crippen molar-refractivity contribution in [1.82, 2.24) is 16.2 Å². The minimum atomic E-state index is -0.439. The first kappa shape index (κ1) is 19.0. The maximum absolute atomic E-state index is 13.0. The molecule has 1 amide bonds. The van der Waals surface area contributed by atoms with E-state index in [-0.39, 0.29) is 17.5 Å². The van der Waals surface area contributed by atoms with E-state index in [4.69, 9.17) is 28.6 Å². The van der Waals surface area contributed by atoms with Crippen LogP contribution in [0.2, 0.25) is 5.02 Å². The molecule has 0 spiro atoms. The third-order valence-electron chi connectivity index (χ3n) is 3.09. The molecule has 132 valence electrons. The average Bonchev–Trinajstić information content (AvgIpc) is 2.60. The van der Waals surface area contributed by atoms with E-state index in [9.17, 15) is 9.18 Å². The number of amides is 1. The molecule has 0 atom stereocenters. The molecule has 0 aliphatic heterocycles. The lowest BCUT2D eigenvalue weighted by Crippen LogP contribution is -2.48. The summed E-state index contributed by atoms with van der Waals surface area (Å²) in [7, 11) is 0. The maximum Gasteiger partial charge on any atom is 0.276 e. The van der Waals surface area contributed by atoms with Gasteiger partial charge in [-0.25, -0.2) is 4.39 Å². The first-order valence-corrected chi connectivity index (χ1v) is 8.27. The summed E-state index contributed by atoms with van der Waals surface area (Å²) < 4.78 is 18.1. The molecule has 3 N–H and O–H groups in total. The minimum absolute atomic E-state index is 0.260. The Morgan fingerprint density at radius 3 is 2.64 bits per heavy atom. The van der Waals surface area contributed by atoms with Gasteiger partial charge in [0.2, 0.25) is 0 Å². The van der Waals surface area contributed by atoms with Crippen molar-refractivity contribution in [3.63, 3.8) is 0 Å². The Bertz CT molecular complexity index is 728. The first-order valence-electron chi connectivity index (χ1n) is 7.48. The Kier molecular flexibility index (Phi) is 7.43. The monoisotopic (exact) mass is 381 g/mol. The molecule has 2 aromatic rings. The number of thiocarbonyl (C=S) groups is 1. The third-order valence-corrected chi connectivity index (χ3v) is 3.59. The molecule has 0 aliphatic carbocycles. The predicted molar refractivity (Wildman–Crippen MR) is 98.9 cm³/mol. The van der Waals surface area contributed by atoms with Gasteiger partial charge in [-0.15, -0.1) is 0 Å². The third kappa shape index (κ3) is 7.36. The minimum Gasteiger partial charge on any atom is -0.484 e. The van der Waals surface area contributed by atoms with E-state index in [1.807, 2.05) is 24.3 Å². The molecule has 0 aromatic heterocycles. The lowest BCUT2D eigenvalue weighted by Gasteiger charge is -2.12. The summed E-state index contributed by atoms with van der Waals surface area (Å²) in [5.41, 5.74) is 6.08. The predicted octanol–water partition coefficient (Wildman–Crippen LogP) is 2.60. The fourth-order valence-electron chi connectivity index (χ4n) is 1.88. The number of ether oxygens (including phenoxy) is 1. The van der Waals surface area contributed by atoms with Gasteiger partial charge < -0.3 is 10.1 Å². The van der Waals surface area contributed by atoms with Crippen molar-refractivity contribution in [2.75, 3.05) is 13.2 Å². The zero-order valence-electron chi connectivity index (χ0n) is 13.2. The Hall–Kier alpha value is -2.38. The van der Waals surface area contributed by atoms with Crippen LogP contribution < -0.4 is 20.9 Å². The van der Waals surface area contributed by atoms with Crippen molar-refractivity contribution in [2.45, 2.75) is 6.42 Å². The molecule has 0 saturated heterocycles. The number of rotatable bonds is 6. The summed E-state index contributed by atoms with van der Waals surface area (Å²) in [5, 5.41) is 3.94. The molecular weight excluding hydrogens is 365 g/mol. The summed E-state index contributed by atoms with van der Waals surface area (Å²) >= 11 is 10.9. The number of hydrazine groups is 1. The van der Waals surface area contributed by atoms with E-state index < -0.39 is 11.7 Å². The van der Waals surface area contributed by atoms with E-state index in [0.717, 1.165) is 12.0 Å². The highest BCUT2D eigenvalue weighted by molar-refractivity contribution is 7.80. The van der Waals surface area contributed by atoms with Gasteiger partial charge in [-0.05, 0) is 48.5 Å². The van der Waals surface area contributed by atoms with Crippen LogP contribution in [0.5, 0.6) is 5.75 Å². The van der Waals surface area contributed by atoms with Crippen molar-refractivity contribution >= 4 is 34.8 Å². The Morgan fingerprint density at radius 2 is 1.92 bits per heavy atom. The zero-order chi connectivity index (χ0) is 18.1. The van der Waals surface area contributed by atoms with Gasteiger partial charge in [-0.1, -0.05) is 29.8 Å². The highest BCUT2D eigenvalue weighted by Crippen LogP contribution is 2.11. The van der Waals surface area contributed by atoms with E-state index in [0.29, 0.717) is 11.6 Å². The number of hydrogen-bond acceptors (Lipinski definition) is 3. The number of hydrogen-bond donors (Lipinski definition) is 3. The highest BCUT2D eigenvalue weighted by atomic mass is 35.5. The summed E-state index contributed by atoms with van der Waals surface area (Å²) in [6.07, 6.45) is 0.760. The summed E-state index contributed by atoms with van der Waals surface area (Å²) in [6.45, 7) is 0.340. The number of nitrogens with one attached hydrogen (secondary N) is 3. The summed E-state index contributed by atoms with van der Waals surface area (Å²) in [6, 6.07) is 13.1. The molecule has 2 aromatic carbocycles. The largest absolute Gasteiger partial charge is 0.484 e. The van der Waals surface area contributed by atoms with Crippen LogP contribution in [0.15, 0.2) is 48.5 Å². The lowest BCUT2D eigenvalue weighted by atomic mass is 10.1. The molecule has 0 aliphatic rings. The van der Waals surface area contributed by atoms with E-state index in [1.165, 1.54) is 18.2 Å². The lowest BCUT2D eigenvalue weighted by molar-refractivity contribution is -0.123. The average molecular weight is 382 g/mol. The Labute approximate surface area is 155 Å². The standard InChI is InChI=1S/C17H17ClFN3O2S/c18-13-6-4-12(5-7-13)8-9-20-17(25)22-21-16(23)11-24-15-3-1-2-14(19)10-15/h1-7,10H,8-9,11H2,(H,21,23)(H2,20,22,25). The molecule has 0 radical (unpaired) electrons. The molecule has 0 unspecified atom stereocenters. The second-order valence-electron chi connectivity index (χ2n) is 5.05. The molecule has 0 fully saturated rings. The Balaban J connectivity index is 1.60. The van der Waals surface area contributed by atoms with Crippen molar-refractivity contribution in [2.24, 2.45) is 0 Å². The Morgan fingerprint density at radius 1 is 1.16 bits per heavy atom. The van der Waals surface area contributed by atoms with Gasteiger partial charge in [0.05, 0.1) is 0 Å². The normalized spacial score (nSPS) is 10.0. The number of halogens is 2. The van der Waals surface area contributed by atoms with Crippen molar-refractivity contribution in [1.29, 1.82) is 0 Å². The molecule has 5 nitrogen and oxygen atoms in total. The topological polar surface area (TPSA) is 62.4 Å². The SMILES string of the molecule is O=C(COc1cccc(F)c1)NNC(=S)NCCc1ccc(Cl)cc1. The van der Waals surface area contributed by atoms with E-state index in [1.54, 1.807) is 6.07 Å². The van der Waals surface area contributed by atoms with Crippen molar-refractivity contribution in [3.05, 3.63) is 64.9 Å². The van der Waals surface area contributed by atoms with Gasteiger partial charge in [0.1, 0.15) is 11.6 Å². The van der Waals surface area contributed by atoms with E-state index >= 15 is 0 Å². The van der Waals surface area contributed by atoms with Crippen LogP contribution in [-0.4, -0.2) is 24.2 Å². The quantitative estimate of drug-likeness (QED) is 0.530. The van der Waals surface area contributed by atoms with Gasteiger partial charge in [0.15, 0.2) is 11.7 Å². The molecule has 0 bridgehead atoms. The second kappa shape index (κ2) is 9.80. The molecule has 2 rings (SSSR count). The summed E-state index contributed by atoms with van der Waals surface area (Å²) in [4.78, 5) is 11.6. The molecule has 8 heteroatoms. The second-order valence-corrected chi connectivity index (χ2v) is 5.90. The fraction of sp³-hybridized carbons (Fsp3) is 0.176. The van der Waals surface area contributed by atoms with Crippen LogP contribution in [0.3, 0.4) is 0 Å². The molecule has 0 saturated carbocycles. The van der Waals surface area contributed by atoms with Crippen LogP contribution in [0.25, 0.3) is 0 Å². The fourth-order valence-corrected chi connectivity index (χ4v) is 2.16. The van der Waals surface area contributed by atoms with E-state index in [2.05, 4.69) is 16.2 Å². The zero-order valence-corrected chi connectivity index (χ0v) is 14.8. The van der Waals surface area contributed by atoms with Crippen LogP contribution in [-0.2, 0) is 11.2 Å². The van der Waals surface area contributed by atoms with Crippen LogP contribution >= 0.6 is 23.8 Å². The summed E-state index contributed by atoms with van der Waals surface area (Å²) in [5.74, 6) is -0.591. The highest BCUT2D eigenvalue weighted by Gasteiger charge is 2.04. The molecular formula is C17H17ClFN3O2S. The van der Waals surface area contributed by atoms with Crippen LogP contribution in [0.4, 0.5) is 4.39 Å². The first-order chi connectivity index (χ1) is 12.0. The van der Waals surface area contributed by atoms with Crippen molar-refractivity contribution < 1.29 is 13.9 Å². The van der Waals surface area contributed by atoms with Gasteiger partial charge in [-0.3, -0.25) is 15.6 Å². The van der Waals surface area contributed by atoms with Gasteiger partial charge in [0, 0.05) is 17.6 Å². The van der Waals surface area contributed by atoms with Crippen molar-refractivity contribution in [3.8, 4) is 5.75 Å².